The highest BCUT2D eigenvalue weighted by Gasteiger charge is 2.28. The lowest BCUT2D eigenvalue weighted by Crippen LogP contribution is -2.53. The van der Waals surface area contributed by atoms with Gasteiger partial charge in [0.15, 0.2) is 0 Å². The maximum atomic E-state index is 12.6. The summed E-state index contributed by atoms with van der Waals surface area (Å²) in [4.78, 5) is 12.6. The molecule has 0 saturated carbocycles. The highest BCUT2D eigenvalue weighted by molar-refractivity contribution is 5.80. The third-order valence-electron chi connectivity index (χ3n) is 13.6. The van der Waals surface area contributed by atoms with Crippen LogP contribution in [0.15, 0.2) is 36.5 Å². The minimum absolute atomic E-state index is 0.362. The largest absolute Gasteiger partial charge is 0.394 e. The van der Waals surface area contributed by atoms with Crippen molar-refractivity contribution in [2.45, 2.75) is 327 Å². The molecular formula is C59H113NO5. The molecule has 0 bridgehead atoms. The standard InChI is InChI=1S/C59H113NO5/c1-3-5-7-9-11-13-15-17-19-21-23-25-26-27-28-29-30-31-32-33-35-36-38-40-42-44-46-48-50-52-56(62)58(64)55(54-61)60-59(65)57(63)53-51-49-47-45-43-41-39-37-34-24-22-20-18-16-14-12-10-8-6-4-2/h6,8,12,14,44,46,55-58,61-64H,3-5,7,9-11,13,15-43,45,47-54H2,1-2H3,(H,60,65)/b8-6-,14-12-,46-44+. The first-order valence-electron chi connectivity index (χ1n) is 28.9. The maximum Gasteiger partial charge on any atom is 0.249 e. The van der Waals surface area contributed by atoms with Gasteiger partial charge in [-0.3, -0.25) is 4.79 Å². The molecule has 6 heteroatoms. The van der Waals surface area contributed by atoms with Gasteiger partial charge in [0.2, 0.25) is 5.91 Å². The molecule has 0 aliphatic rings. The summed E-state index contributed by atoms with van der Waals surface area (Å²) in [6.45, 7) is 3.97. The van der Waals surface area contributed by atoms with Gasteiger partial charge >= 0.3 is 0 Å². The maximum absolute atomic E-state index is 12.6. The first kappa shape index (κ1) is 63.5. The monoisotopic (exact) mass is 916 g/mol. The van der Waals surface area contributed by atoms with Crippen LogP contribution in [0, 0.1) is 0 Å². The molecule has 6 nitrogen and oxygen atoms in total. The molecule has 0 aliphatic heterocycles. The number of aliphatic hydroxyl groups is 4. The topological polar surface area (TPSA) is 110 Å². The third-order valence-corrected chi connectivity index (χ3v) is 13.6. The van der Waals surface area contributed by atoms with E-state index in [1.165, 1.54) is 225 Å². The van der Waals surface area contributed by atoms with Crippen LogP contribution in [0.5, 0.6) is 0 Å². The Morgan fingerprint density at radius 2 is 0.723 bits per heavy atom. The first-order valence-corrected chi connectivity index (χ1v) is 28.9. The average molecular weight is 917 g/mol. The fourth-order valence-electron chi connectivity index (χ4n) is 9.09. The Kier molecular flexibility index (Phi) is 52.3. The Labute approximate surface area is 405 Å². The average Bonchev–Trinajstić information content (AvgIpc) is 3.31. The zero-order chi connectivity index (χ0) is 47.4. The van der Waals surface area contributed by atoms with Crippen LogP contribution in [-0.4, -0.2) is 57.3 Å². The fraction of sp³-hybridized carbons (Fsp3) is 0.881. The van der Waals surface area contributed by atoms with E-state index in [9.17, 15) is 25.2 Å². The van der Waals surface area contributed by atoms with Gasteiger partial charge in [-0.2, -0.15) is 0 Å². The summed E-state index contributed by atoms with van der Waals surface area (Å²) in [5.74, 6) is -0.591. The van der Waals surface area contributed by atoms with Gasteiger partial charge in [-0.05, 0) is 64.2 Å². The van der Waals surface area contributed by atoms with Crippen LogP contribution in [0.4, 0.5) is 0 Å². The number of carbonyl (C=O) groups excluding carboxylic acids is 1. The van der Waals surface area contributed by atoms with Gasteiger partial charge in [-0.25, -0.2) is 0 Å². The number of allylic oxidation sites excluding steroid dienone is 6. The smallest absolute Gasteiger partial charge is 0.249 e. The molecule has 0 rings (SSSR count). The second kappa shape index (κ2) is 53.5. The highest BCUT2D eigenvalue weighted by atomic mass is 16.3. The van der Waals surface area contributed by atoms with Gasteiger partial charge in [0.05, 0.1) is 18.8 Å². The lowest BCUT2D eigenvalue weighted by Gasteiger charge is -2.27. The molecule has 384 valence electrons. The molecule has 1 amide bonds. The zero-order valence-corrected chi connectivity index (χ0v) is 43.5. The van der Waals surface area contributed by atoms with Crippen molar-refractivity contribution in [1.82, 2.24) is 5.32 Å². The molecule has 65 heavy (non-hydrogen) atoms. The number of unbranched alkanes of at least 4 members (excludes halogenated alkanes) is 38. The minimum Gasteiger partial charge on any atom is -0.394 e. The number of nitrogens with one attached hydrogen (secondary N) is 1. The lowest BCUT2D eigenvalue weighted by atomic mass is 10.00. The molecule has 4 atom stereocenters. The number of amides is 1. The molecule has 0 aromatic carbocycles. The Bertz CT molecular complexity index is 1030. The first-order chi connectivity index (χ1) is 32.0. The van der Waals surface area contributed by atoms with Crippen molar-refractivity contribution in [2.75, 3.05) is 6.61 Å². The van der Waals surface area contributed by atoms with Crippen molar-refractivity contribution in [3.05, 3.63) is 36.5 Å². The molecule has 0 heterocycles. The van der Waals surface area contributed by atoms with E-state index in [0.717, 1.165) is 51.4 Å². The van der Waals surface area contributed by atoms with Crippen LogP contribution in [0.1, 0.15) is 303 Å². The van der Waals surface area contributed by atoms with Gasteiger partial charge in [0.1, 0.15) is 12.2 Å². The van der Waals surface area contributed by atoms with Crippen LogP contribution in [0.3, 0.4) is 0 Å². The summed E-state index contributed by atoms with van der Waals surface area (Å²) in [5, 5.41) is 44.0. The van der Waals surface area contributed by atoms with Crippen molar-refractivity contribution >= 4 is 5.91 Å². The van der Waals surface area contributed by atoms with Gasteiger partial charge in [-0.1, -0.05) is 275 Å². The second-order valence-electron chi connectivity index (χ2n) is 20.0. The Morgan fingerprint density at radius 3 is 1.09 bits per heavy atom. The Balaban J connectivity index is 3.62. The summed E-state index contributed by atoms with van der Waals surface area (Å²) in [5.41, 5.74) is 0. The molecule has 5 N–H and O–H groups in total. The predicted molar refractivity (Wildman–Crippen MR) is 284 cm³/mol. The quantitative estimate of drug-likeness (QED) is 0.0308. The second-order valence-corrected chi connectivity index (χ2v) is 20.0. The fourth-order valence-corrected chi connectivity index (χ4v) is 9.09. The van der Waals surface area contributed by atoms with E-state index >= 15 is 0 Å². The third kappa shape index (κ3) is 47.4. The van der Waals surface area contributed by atoms with Gasteiger partial charge in [0.25, 0.3) is 0 Å². The van der Waals surface area contributed by atoms with Crippen LogP contribution >= 0.6 is 0 Å². The van der Waals surface area contributed by atoms with E-state index in [1.54, 1.807) is 0 Å². The summed E-state index contributed by atoms with van der Waals surface area (Å²) in [7, 11) is 0. The molecule has 0 fully saturated rings. The van der Waals surface area contributed by atoms with Crippen LogP contribution < -0.4 is 5.32 Å². The van der Waals surface area contributed by atoms with Gasteiger partial charge in [-0.15, -0.1) is 0 Å². The van der Waals surface area contributed by atoms with Gasteiger partial charge < -0.3 is 25.7 Å². The van der Waals surface area contributed by atoms with Crippen molar-refractivity contribution < 1.29 is 25.2 Å². The Morgan fingerprint density at radius 1 is 0.400 bits per heavy atom. The number of aliphatic hydroxyl groups excluding tert-OH is 4. The van der Waals surface area contributed by atoms with E-state index in [4.69, 9.17) is 0 Å². The molecule has 0 aromatic heterocycles. The summed E-state index contributed by atoms with van der Waals surface area (Å²) in [6.07, 6.45) is 66.6. The molecule has 0 aliphatic carbocycles. The molecule has 0 aromatic rings. The van der Waals surface area contributed by atoms with E-state index in [0.29, 0.717) is 12.8 Å². The molecule has 0 spiro atoms. The number of rotatable bonds is 53. The Hall–Kier alpha value is -1.47. The number of hydrogen-bond donors (Lipinski definition) is 5. The number of carbonyl (C=O) groups is 1. The van der Waals surface area contributed by atoms with Gasteiger partial charge in [0, 0.05) is 0 Å². The van der Waals surface area contributed by atoms with Crippen molar-refractivity contribution in [1.29, 1.82) is 0 Å². The summed E-state index contributed by atoms with van der Waals surface area (Å²) in [6, 6.07) is -1.00. The van der Waals surface area contributed by atoms with E-state index < -0.39 is 36.9 Å². The van der Waals surface area contributed by atoms with Crippen LogP contribution in [0.2, 0.25) is 0 Å². The predicted octanol–water partition coefficient (Wildman–Crippen LogP) is 16.8. The molecule has 4 unspecified atom stereocenters. The van der Waals surface area contributed by atoms with Crippen LogP contribution in [-0.2, 0) is 4.79 Å². The molecule has 0 radical (unpaired) electrons. The number of hydrogen-bond acceptors (Lipinski definition) is 5. The zero-order valence-electron chi connectivity index (χ0n) is 43.5. The summed E-state index contributed by atoms with van der Waals surface area (Å²) < 4.78 is 0. The SMILES string of the molecule is CC/C=C\C/C=C\CCCCCCCCCCCCCCCC(O)C(=O)NC(CO)C(O)C(O)CCC/C=C/CCCCCCCCCCCCCCCCCCCCCCCCCC. The molecular weight excluding hydrogens is 803 g/mol. The van der Waals surface area contributed by atoms with Crippen molar-refractivity contribution in [3.8, 4) is 0 Å². The lowest BCUT2D eigenvalue weighted by molar-refractivity contribution is -0.132. The van der Waals surface area contributed by atoms with Crippen molar-refractivity contribution in [2.24, 2.45) is 0 Å². The van der Waals surface area contributed by atoms with E-state index in [2.05, 4.69) is 55.6 Å². The minimum atomic E-state index is -1.28. The highest BCUT2D eigenvalue weighted by Crippen LogP contribution is 2.18. The van der Waals surface area contributed by atoms with Crippen molar-refractivity contribution in [3.63, 3.8) is 0 Å². The van der Waals surface area contributed by atoms with E-state index in [-0.39, 0.29) is 0 Å². The summed E-state index contributed by atoms with van der Waals surface area (Å²) >= 11 is 0. The van der Waals surface area contributed by atoms with E-state index in [1.807, 2.05) is 0 Å². The normalized spacial score (nSPS) is 14.0. The molecule has 0 saturated heterocycles. The van der Waals surface area contributed by atoms with Crippen LogP contribution in [0.25, 0.3) is 0 Å².